The Morgan fingerprint density at radius 3 is 2.89 bits per heavy atom. The van der Waals surface area contributed by atoms with Crippen molar-refractivity contribution in [1.82, 2.24) is 15.6 Å². The van der Waals surface area contributed by atoms with E-state index in [9.17, 15) is 19.7 Å². The highest BCUT2D eigenvalue weighted by Crippen LogP contribution is 2.31. The molecule has 8 nitrogen and oxygen atoms in total. The fourth-order valence-corrected chi connectivity index (χ4v) is 4.99. The molecule has 0 bridgehead atoms. The number of hydrogen-bond donors (Lipinski definition) is 2. The van der Waals surface area contributed by atoms with Crippen LogP contribution in [0.5, 0.6) is 0 Å². The first-order valence-electron chi connectivity index (χ1n) is 8.70. The van der Waals surface area contributed by atoms with E-state index in [0.29, 0.717) is 20.5 Å². The van der Waals surface area contributed by atoms with Crippen LogP contribution in [0.25, 0.3) is 10.2 Å². The summed E-state index contributed by atoms with van der Waals surface area (Å²) in [6.07, 6.45) is 4.30. The third kappa shape index (κ3) is 5.16. The average molecular weight is 409 g/mol. The minimum Gasteiger partial charge on any atom is -0.335 e. The summed E-state index contributed by atoms with van der Waals surface area (Å²) in [5, 5.41) is 16.1. The van der Waals surface area contributed by atoms with Crippen LogP contribution in [0, 0.1) is 16.0 Å². The zero-order valence-electron chi connectivity index (χ0n) is 14.8. The van der Waals surface area contributed by atoms with Gasteiger partial charge in [0.25, 0.3) is 5.69 Å². The minimum atomic E-state index is -0.459. The normalized spacial score (nSPS) is 19.6. The maximum Gasteiger partial charge on any atom is 0.321 e. The lowest BCUT2D eigenvalue weighted by Crippen LogP contribution is -2.48. The molecule has 2 atom stereocenters. The SMILES string of the molecule is C[C@@H]1CCCC[C@@H]1NC(=O)NC(=O)CSc1nc2ccc([N+](=O)[O-])cc2s1. The van der Waals surface area contributed by atoms with Crippen molar-refractivity contribution in [3.63, 3.8) is 0 Å². The van der Waals surface area contributed by atoms with Crippen LogP contribution in [0.3, 0.4) is 0 Å². The summed E-state index contributed by atoms with van der Waals surface area (Å²) >= 11 is 2.49. The lowest BCUT2D eigenvalue weighted by atomic mass is 9.86. The van der Waals surface area contributed by atoms with Crippen molar-refractivity contribution in [2.45, 2.75) is 43.0 Å². The standard InChI is InChI=1S/C17H20N4O4S2/c1-10-4-2-3-5-12(10)18-16(23)20-15(22)9-26-17-19-13-7-6-11(21(24)25)8-14(13)27-17/h6-8,10,12H,2-5,9H2,1H3,(H2,18,20,22,23)/t10-,12+/m1/s1. The van der Waals surface area contributed by atoms with Crippen LogP contribution in [0.1, 0.15) is 32.6 Å². The van der Waals surface area contributed by atoms with E-state index in [4.69, 9.17) is 0 Å². The van der Waals surface area contributed by atoms with Crippen molar-refractivity contribution in [3.8, 4) is 0 Å². The molecule has 1 aliphatic rings. The van der Waals surface area contributed by atoms with E-state index in [1.54, 1.807) is 6.07 Å². The number of carbonyl (C=O) groups is 2. The number of nitrogens with zero attached hydrogens (tertiary/aromatic N) is 2. The molecular weight excluding hydrogens is 388 g/mol. The van der Waals surface area contributed by atoms with E-state index < -0.39 is 16.9 Å². The summed E-state index contributed by atoms with van der Waals surface area (Å²) in [4.78, 5) is 38.7. The summed E-state index contributed by atoms with van der Waals surface area (Å²) in [6, 6.07) is 4.11. The van der Waals surface area contributed by atoms with Gasteiger partial charge in [0, 0.05) is 18.2 Å². The van der Waals surface area contributed by atoms with Gasteiger partial charge in [0.2, 0.25) is 5.91 Å². The predicted molar refractivity (Wildman–Crippen MR) is 105 cm³/mol. The molecule has 3 amide bonds. The van der Waals surface area contributed by atoms with Gasteiger partial charge in [-0.2, -0.15) is 0 Å². The number of carbonyl (C=O) groups excluding carboxylic acids is 2. The van der Waals surface area contributed by atoms with Gasteiger partial charge >= 0.3 is 6.03 Å². The third-order valence-electron chi connectivity index (χ3n) is 4.57. The summed E-state index contributed by atoms with van der Waals surface area (Å²) < 4.78 is 1.32. The van der Waals surface area contributed by atoms with Gasteiger partial charge in [0.15, 0.2) is 4.34 Å². The summed E-state index contributed by atoms with van der Waals surface area (Å²) in [7, 11) is 0. The van der Waals surface area contributed by atoms with Crippen molar-refractivity contribution in [3.05, 3.63) is 28.3 Å². The molecule has 3 rings (SSSR count). The zero-order chi connectivity index (χ0) is 19.4. The molecule has 0 radical (unpaired) electrons. The molecule has 0 unspecified atom stereocenters. The second-order valence-corrected chi connectivity index (χ2v) is 8.82. The number of fused-ring (bicyclic) bond motifs is 1. The second-order valence-electron chi connectivity index (χ2n) is 6.57. The number of amides is 3. The molecule has 1 saturated carbocycles. The minimum absolute atomic E-state index is 0.00838. The van der Waals surface area contributed by atoms with Crippen LogP contribution in [0.4, 0.5) is 10.5 Å². The van der Waals surface area contributed by atoms with Crippen molar-refractivity contribution in [2.75, 3.05) is 5.75 Å². The molecular formula is C17H20N4O4S2. The average Bonchev–Trinajstić information content (AvgIpc) is 3.04. The fraction of sp³-hybridized carbons (Fsp3) is 0.471. The van der Waals surface area contributed by atoms with E-state index in [0.717, 1.165) is 19.3 Å². The van der Waals surface area contributed by atoms with Gasteiger partial charge in [0.05, 0.1) is 20.9 Å². The topological polar surface area (TPSA) is 114 Å². The molecule has 2 aromatic rings. The summed E-state index contributed by atoms with van der Waals surface area (Å²) in [5.74, 6) is 0.0715. The number of imide groups is 1. The zero-order valence-corrected chi connectivity index (χ0v) is 16.4. The predicted octanol–water partition coefficient (Wildman–Crippen LogP) is 3.70. The van der Waals surface area contributed by atoms with Gasteiger partial charge in [0.1, 0.15) is 0 Å². The molecule has 1 fully saturated rings. The Morgan fingerprint density at radius 1 is 1.37 bits per heavy atom. The molecule has 0 aliphatic heterocycles. The Morgan fingerprint density at radius 2 is 2.15 bits per heavy atom. The van der Waals surface area contributed by atoms with Gasteiger partial charge in [-0.1, -0.05) is 31.5 Å². The number of benzene rings is 1. The first-order chi connectivity index (χ1) is 12.9. The van der Waals surface area contributed by atoms with Gasteiger partial charge in [-0.05, 0) is 24.8 Å². The lowest BCUT2D eigenvalue weighted by molar-refractivity contribution is -0.384. The van der Waals surface area contributed by atoms with Gasteiger partial charge < -0.3 is 5.32 Å². The van der Waals surface area contributed by atoms with Crippen LogP contribution >= 0.6 is 23.1 Å². The van der Waals surface area contributed by atoms with E-state index in [1.165, 1.54) is 41.7 Å². The molecule has 10 heteroatoms. The Bertz CT molecular complexity index is 870. The Labute approximate surface area is 164 Å². The van der Waals surface area contributed by atoms with Crippen molar-refractivity contribution in [1.29, 1.82) is 0 Å². The molecule has 1 heterocycles. The maximum absolute atomic E-state index is 12.0. The Balaban J connectivity index is 1.50. The monoisotopic (exact) mass is 408 g/mol. The highest BCUT2D eigenvalue weighted by atomic mass is 32.2. The molecule has 2 N–H and O–H groups in total. The number of nitro groups is 1. The van der Waals surface area contributed by atoms with Gasteiger partial charge in [-0.15, -0.1) is 11.3 Å². The van der Waals surface area contributed by atoms with Gasteiger partial charge in [-0.25, -0.2) is 9.78 Å². The summed E-state index contributed by atoms with van der Waals surface area (Å²) in [6.45, 7) is 2.11. The number of rotatable bonds is 5. The molecule has 1 aromatic carbocycles. The Hall–Kier alpha value is -2.20. The van der Waals surface area contributed by atoms with Crippen molar-refractivity contribution < 1.29 is 14.5 Å². The molecule has 144 valence electrons. The molecule has 1 aromatic heterocycles. The highest BCUT2D eigenvalue weighted by Gasteiger charge is 2.23. The molecule has 0 saturated heterocycles. The van der Waals surface area contributed by atoms with Crippen LogP contribution < -0.4 is 10.6 Å². The van der Waals surface area contributed by atoms with E-state index in [2.05, 4.69) is 22.5 Å². The number of non-ortho nitro benzene ring substituents is 1. The number of urea groups is 1. The largest absolute Gasteiger partial charge is 0.335 e. The quantitative estimate of drug-likeness (QED) is 0.443. The fourth-order valence-electron chi connectivity index (χ4n) is 3.09. The van der Waals surface area contributed by atoms with Crippen LogP contribution in [0.15, 0.2) is 22.5 Å². The molecule has 1 aliphatic carbocycles. The van der Waals surface area contributed by atoms with Crippen molar-refractivity contribution in [2.24, 2.45) is 5.92 Å². The van der Waals surface area contributed by atoms with Gasteiger partial charge in [-0.3, -0.25) is 20.2 Å². The first kappa shape index (κ1) is 19.6. The molecule has 0 spiro atoms. The van der Waals surface area contributed by atoms with E-state index in [1.807, 2.05) is 0 Å². The lowest BCUT2D eigenvalue weighted by Gasteiger charge is -2.29. The number of nitrogens with one attached hydrogen (secondary N) is 2. The second kappa shape index (κ2) is 8.66. The van der Waals surface area contributed by atoms with Crippen LogP contribution in [-0.2, 0) is 4.79 Å². The Kier molecular flexibility index (Phi) is 6.27. The first-order valence-corrected chi connectivity index (χ1v) is 10.5. The smallest absolute Gasteiger partial charge is 0.321 e. The highest BCUT2D eigenvalue weighted by molar-refractivity contribution is 8.01. The number of nitro benzene ring substituents is 1. The number of aromatic nitrogens is 1. The third-order valence-corrected chi connectivity index (χ3v) is 6.73. The number of hydrogen-bond acceptors (Lipinski definition) is 7. The van der Waals surface area contributed by atoms with Crippen LogP contribution in [0.2, 0.25) is 0 Å². The van der Waals surface area contributed by atoms with E-state index >= 15 is 0 Å². The number of thioether (sulfide) groups is 1. The number of thiazole rings is 1. The van der Waals surface area contributed by atoms with Crippen LogP contribution in [-0.4, -0.2) is 33.6 Å². The van der Waals surface area contributed by atoms with Crippen molar-refractivity contribution >= 4 is 50.9 Å². The maximum atomic E-state index is 12.0. The summed E-state index contributed by atoms with van der Waals surface area (Å²) in [5.41, 5.74) is 0.659. The van der Waals surface area contributed by atoms with E-state index in [-0.39, 0.29) is 17.5 Å². The molecule has 27 heavy (non-hydrogen) atoms.